The Morgan fingerprint density at radius 1 is 1.03 bits per heavy atom. The maximum Gasteiger partial charge on any atom is 0.409 e. The predicted octanol–water partition coefficient (Wildman–Crippen LogP) is 4.48. The van der Waals surface area contributed by atoms with E-state index in [4.69, 9.17) is 9.47 Å². The zero-order chi connectivity index (χ0) is 25.3. The van der Waals surface area contributed by atoms with Crippen molar-refractivity contribution in [1.82, 2.24) is 10.2 Å². The Kier molecular flexibility index (Phi) is 6.74. The Labute approximate surface area is 205 Å². The summed E-state index contributed by atoms with van der Waals surface area (Å²) < 4.78 is 11.0. The molecule has 4 rings (SSSR count). The van der Waals surface area contributed by atoms with Crippen molar-refractivity contribution in [3.63, 3.8) is 0 Å². The van der Waals surface area contributed by atoms with Crippen LogP contribution in [0.2, 0.25) is 0 Å². The van der Waals surface area contributed by atoms with Gasteiger partial charge in [0.15, 0.2) is 0 Å². The molecule has 35 heavy (non-hydrogen) atoms. The van der Waals surface area contributed by atoms with Crippen LogP contribution in [0.25, 0.3) is 11.1 Å². The van der Waals surface area contributed by atoms with E-state index in [2.05, 4.69) is 17.4 Å². The van der Waals surface area contributed by atoms with Gasteiger partial charge < -0.3 is 24.8 Å². The third kappa shape index (κ3) is 5.26. The number of carboxylic acid groups (broad SMARTS) is 1. The normalized spacial score (nSPS) is 20.1. The summed E-state index contributed by atoms with van der Waals surface area (Å²) in [5, 5.41) is 12.5. The number of benzene rings is 2. The van der Waals surface area contributed by atoms with Gasteiger partial charge in [0.2, 0.25) is 0 Å². The Hall–Kier alpha value is -3.55. The Bertz CT molecular complexity index is 1080. The molecule has 0 radical (unpaired) electrons. The Balaban J connectivity index is 1.41. The van der Waals surface area contributed by atoms with E-state index in [0.717, 1.165) is 22.3 Å². The molecule has 2 aromatic rings. The van der Waals surface area contributed by atoms with Gasteiger partial charge in [-0.05, 0) is 49.9 Å². The van der Waals surface area contributed by atoms with Crippen molar-refractivity contribution in [1.29, 1.82) is 0 Å². The fraction of sp³-hybridized carbons (Fsp3) is 0.444. The summed E-state index contributed by atoms with van der Waals surface area (Å²) in [5.74, 6) is -2.38. The van der Waals surface area contributed by atoms with Crippen LogP contribution in [0.1, 0.15) is 44.7 Å². The lowest BCUT2D eigenvalue weighted by Crippen LogP contribution is -2.44. The number of likely N-dealkylation sites (tertiary alicyclic amines) is 1. The predicted molar refractivity (Wildman–Crippen MR) is 130 cm³/mol. The van der Waals surface area contributed by atoms with Crippen LogP contribution in [0.3, 0.4) is 0 Å². The lowest BCUT2D eigenvalue weighted by Gasteiger charge is -2.26. The molecule has 2 amide bonds. The number of fused-ring (bicyclic) bond motifs is 3. The van der Waals surface area contributed by atoms with Crippen LogP contribution in [0, 0.1) is 11.8 Å². The van der Waals surface area contributed by atoms with E-state index in [1.807, 2.05) is 36.4 Å². The van der Waals surface area contributed by atoms with Crippen molar-refractivity contribution in [3.05, 3.63) is 59.7 Å². The van der Waals surface area contributed by atoms with Gasteiger partial charge in [-0.25, -0.2) is 9.59 Å². The number of carboxylic acids is 1. The number of ether oxygens (including phenoxy) is 2. The van der Waals surface area contributed by atoms with Crippen LogP contribution < -0.4 is 5.32 Å². The molecule has 0 saturated carbocycles. The standard InChI is InChI=1S/C27H32N2O6/c1-16(28-25(32)35-27(2,3)4)21-13-29(14-22(21)24(30)31)26(33)34-15-23-19-11-7-5-9-17(19)18-10-6-8-12-20(18)23/h5-12,16,21-23H,13-15H2,1-4H3,(H,28,32)(H,30,31). The van der Waals surface area contributed by atoms with Crippen molar-refractivity contribution >= 4 is 18.2 Å². The van der Waals surface area contributed by atoms with Gasteiger partial charge in [0.05, 0.1) is 5.92 Å². The van der Waals surface area contributed by atoms with Gasteiger partial charge in [0.1, 0.15) is 12.2 Å². The average Bonchev–Trinajstić information content (AvgIpc) is 3.37. The summed E-state index contributed by atoms with van der Waals surface area (Å²) in [7, 11) is 0. The first-order valence-corrected chi connectivity index (χ1v) is 11.9. The van der Waals surface area contributed by atoms with E-state index in [0.29, 0.717) is 0 Å². The number of carbonyl (C=O) groups is 3. The number of rotatable bonds is 5. The number of aliphatic carboxylic acids is 1. The first-order chi connectivity index (χ1) is 16.5. The van der Waals surface area contributed by atoms with Gasteiger partial charge in [0, 0.05) is 31.0 Å². The lowest BCUT2D eigenvalue weighted by atomic mass is 9.90. The average molecular weight is 481 g/mol. The largest absolute Gasteiger partial charge is 0.481 e. The van der Waals surface area contributed by atoms with E-state index in [1.54, 1.807) is 27.7 Å². The molecular formula is C27H32N2O6. The summed E-state index contributed by atoms with van der Waals surface area (Å²) in [4.78, 5) is 38.5. The molecule has 1 fully saturated rings. The molecule has 0 aromatic heterocycles. The molecule has 0 spiro atoms. The van der Waals surface area contributed by atoms with Crippen LogP contribution in [0.5, 0.6) is 0 Å². The number of nitrogens with zero attached hydrogens (tertiary/aromatic N) is 1. The molecule has 2 N–H and O–H groups in total. The topological polar surface area (TPSA) is 105 Å². The highest BCUT2D eigenvalue weighted by Crippen LogP contribution is 2.44. The Morgan fingerprint density at radius 3 is 2.14 bits per heavy atom. The van der Waals surface area contributed by atoms with Gasteiger partial charge in [-0.15, -0.1) is 0 Å². The van der Waals surface area contributed by atoms with Crippen molar-refractivity contribution in [2.24, 2.45) is 11.8 Å². The molecule has 1 heterocycles. The van der Waals surface area contributed by atoms with Gasteiger partial charge in [-0.2, -0.15) is 0 Å². The third-order valence-corrected chi connectivity index (χ3v) is 6.66. The number of alkyl carbamates (subject to hydrolysis) is 1. The maximum absolute atomic E-state index is 13.0. The molecule has 8 nitrogen and oxygen atoms in total. The molecule has 0 bridgehead atoms. The summed E-state index contributed by atoms with van der Waals surface area (Å²) >= 11 is 0. The summed E-state index contributed by atoms with van der Waals surface area (Å²) in [6, 6.07) is 15.7. The van der Waals surface area contributed by atoms with E-state index in [-0.39, 0.29) is 25.6 Å². The zero-order valence-corrected chi connectivity index (χ0v) is 20.5. The smallest absolute Gasteiger partial charge is 0.409 e. The molecule has 1 saturated heterocycles. The first kappa shape index (κ1) is 24.6. The SMILES string of the molecule is CC(NC(=O)OC(C)(C)C)C1CN(C(=O)OCC2c3ccccc3-c3ccccc32)CC1C(=O)O. The highest BCUT2D eigenvalue weighted by molar-refractivity contribution is 5.79. The number of hydrogen-bond acceptors (Lipinski definition) is 5. The summed E-state index contributed by atoms with van der Waals surface area (Å²) in [6.07, 6.45) is -1.17. The van der Waals surface area contributed by atoms with Gasteiger partial charge >= 0.3 is 18.2 Å². The second-order valence-corrected chi connectivity index (χ2v) is 10.3. The lowest BCUT2D eigenvalue weighted by molar-refractivity contribution is -0.142. The quantitative estimate of drug-likeness (QED) is 0.654. The molecule has 1 aliphatic heterocycles. The van der Waals surface area contributed by atoms with Gasteiger partial charge in [0.25, 0.3) is 0 Å². The molecule has 3 unspecified atom stereocenters. The second-order valence-electron chi connectivity index (χ2n) is 10.3. The minimum Gasteiger partial charge on any atom is -0.481 e. The summed E-state index contributed by atoms with van der Waals surface area (Å²) in [6.45, 7) is 7.36. The fourth-order valence-electron chi connectivity index (χ4n) is 5.03. The summed E-state index contributed by atoms with van der Waals surface area (Å²) in [5.41, 5.74) is 3.83. The van der Waals surface area contributed by atoms with E-state index < -0.39 is 41.6 Å². The zero-order valence-electron chi connectivity index (χ0n) is 20.5. The van der Waals surface area contributed by atoms with Crippen LogP contribution >= 0.6 is 0 Å². The van der Waals surface area contributed by atoms with E-state index >= 15 is 0 Å². The van der Waals surface area contributed by atoms with Crippen LogP contribution in [-0.4, -0.2) is 59.5 Å². The Morgan fingerprint density at radius 2 is 1.60 bits per heavy atom. The van der Waals surface area contributed by atoms with Crippen LogP contribution in [0.4, 0.5) is 9.59 Å². The van der Waals surface area contributed by atoms with Crippen LogP contribution in [0.15, 0.2) is 48.5 Å². The second kappa shape index (κ2) is 9.60. The number of hydrogen-bond donors (Lipinski definition) is 2. The van der Waals surface area contributed by atoms with Crippen molar-refractivity contribution in [2.75, 3.05) is 19.7 Å². The maximum atomic E-state index is 13.0. The van der Waals surface area contributed by atoms with Crippen molar-refractivity contribution in [2.45, 2.75) is 45.3 Å². The van der Waals surface area contributed by atoms with Crippen molar-refractivity contribution < 1.29 is 29.0 Å². The highest BCUT2D eigenvalue weighted by atomic mass is 16.6. The van der Waals surface area contributed by atoms with E-state index in [1.165, 1.54) is 4.90 Å². The molecule has 1 aliphatic carbocycles. The van der Waals surface area contributed by atoms with Crippen molar-refractivity contribution in [3.8, 4) is 11.1 Å². The minimum absolute atomic E-state index is 0.0248. The monoisotopic (exact) mass is 480 g/mol. The fourth-order valence-corrected chi connectivity index (χ4v) is 5.03. The third-order valence-electron chi connectivity index (χ3n) is 6.66. The highest BCUT2D eigenvalue weighted by Gasteiger charge is 2.44. The van der Waals surface area contributed by atoms with Crippen LogP contribution in [-0.2, 0) is 14.3 Å². The molecule has 186 valence electrons. The minimum atomic E-state index is -1.01. The molecule has 2 aromatic carbocycles. The first-order valence-electron chi connectivity index (χ1n) is 11.9. The van der Waals surface area contributed by atoms with Gasteiger partial charge in [-0.1, -0.05) is 48.5 Å². The molecule has 8 heteroatoms. The number of amides is 2. The molecular weight excluding hydrogens is 448 g/mol. The molecule has 3 atom stereocenters. The van der Waals surface area contributed by atoms with Gasteiger partial charge in [-0.3, -0.25) is 4.79 Å². The number of carbonyl (C=O) groups excluding carboxylic acids is 2. The molecule has 2 aliphatic rings. The number of nitrogens with one attached hydrogen (secondary N) is 1. The van der Waals surface area contributed by atoms with E-state index in [9.17, 15) is 19.5 Å².